The van der Waals surface area contributed by atoms with E-state index in [1.165, 1.54) is 6.92 Å². The summed E-state index contributed by atoms with van der Waals surface area (Å²) in [5.74, 6) is -0.0141. The maximum absolute atomic E-state index is 12.4. The van der Waals surface area contributed by atoms with Crippen LogP contribution in [0.25, 0.3) is 0 Å². The number of benzene rings is 1. The van der Waals surface area contributed by atoms with Crippen molar-refractivity contribution in [3.8, 4) is 0 Å². The topological polar surface area (TPSA) is 70.2 Å². The molecule has 0 spiro atoms. The Bertz CT molecular complexity index is 548. The van der Waals surface area contributed by atoms with E-state index in [2.05, 4.69) is 22.9 Å². The molecule has 1 aromatic rings. The summed E-state index contributed by atoms with van der Waals surface area (Å²) in [6, 6.07) is 5.91. The Hall–Kier alpha value is -1.59. The third-order valence-corrected chi connectivity index (χ3v) is 3.81. The van der Waals surface area contributed by atoms with Crippen LogP contribution >= 0.6 is 12.4 Å². The summed E-state index contributed by atoms with van der Waals surface area (Å²) in [6.07, 6.45) is 1.72. The number of carbonyl (C=O) groups is 2. The highest BCUT2D eigenvalue weighted by Gasteiger charge is 2.24. The van der Waals surface area contributed by atoms with E-state index in [1.54, 1.807) is 6.07 Å². The molecule has 1 fully saturated rings. The molecule has 0 saturated carbocycles. The van der Waals surface area contributed by atoms with Gasteiger partial charge in [0.25, 0.3) is 0 Å². The minimum atomic E-state index is -0.122. The molecule has 0 aromatic heterocycles. The van der Waals surface area contributed by atoms with Crippen molar-refractivity contribution < 1.29 is 9.59 Å². The molecule has 2 rings (SSSR count). The zero-order valence-corrected chi connectivity index (χ0v) is 14.0. The Kier molecular flexibility index (Phi) is 6.84. The van der Waals surface area contributed by atoms with Crippen LogP contribution < -0.4 is 16.0 Å². The van der Waals surface area contributed by atoms with Crippen LogP contribution in [0.3, 0.4) is 0 Å². The highest BCUT2D eigenvalue weighted by atomic mass is 35.5. The molecule has 1 aromatic carbocycles. The van der Waals surface area contributed by atoms with Gasteiger partial charge in [-0.3, -0.25) is 9.59 Å². The van der Waals surface area contributed by atoms with E-state index in [0.717, 1.165) is 30.6 Å². The molecule has 0 aliphatic carbocycles. The number of amides is 2. The number of rotatable bonds is 3. The van der Waals surface area contributed by atoms with E-state index in [-0.39, 0.29) is 30.1 Å². The second-order valence-corrected chi connectivity index (χ2v) is 5.78. The van der Waals surface area contributed by atoms with E-state index < -0.39 is 0 Å². The fraction of sp³-hybridized carbons (Fsp3) is 0.500. The summed E-state index contributed by atoms with van der Waals surface area (Å²) < 4.78 is 0. The van der Waals surface area contributed by atoms with E-state index >= 15 is 0 Å². The first-order valence-corrected chi connectivity index (χ1v) is 7.38. The highest BCUT2D eigenvalue weighted by Crippen LogP contribution is 2.23. The number of aryl methyl sites for hydroxylation is 1. The minimum absolute atomic E-state index is 0. The smallest absolute Gasteiger partial charge is 0.227 e. The van der Waals surface area contributed by atoms with Crippen molar-refractivity contribution in [3.63, 3.8) is 0 Å². The van der Waals surface area contributed by atoms with Crippen molar-refractivity contribution in [2.75, 3.05) is 17.2 Å². The summed E-state index contributed by atoms with van der Waals surface area (Å²) in [6.45, 7) is 6.39. The summed E-state index contributed by atoms with van der Waals surface area (Å²) in [5, 5.41) is 9.07. The summed E-state index contributed by atoms with van der Waals surface area (Å²) in [5.41, 5.74) is 2.44. The zero-order chi connectivity index (χ0) is 15.4. The van der Waals surface area contributed by atoms with Gasteiger partial charge in [0.1, 0.15) is 0 Å². The van der Waals surface area contributed by atoms with Gasteiger partial charge < -0.3 is 16.0 Å². The second kappa shape index (κ2) is 8.15. The Morgan fingerprint density at radius 2 is 2.00 bits per heavy atom. The Morgan fingerprint density at radius 1 is 1.27 bits per heavy atom. The molecule has 5 nitrogen and oxygen atoms in total. The standard InChI is InChI=1S/C16H23N3O2.ClH/c1-10-4-5-14(18-12(3)20)9-15(10)19-16(21)13-6-7-17-11(2)8-13;/h4-5,9,11,13,17H,6-8H2,1-3H3,(H,18,20)(H,19,21);1H/t11-,13-;/m0./s1. The molecule has 0 radical (unpaired) electrons. The van der Waals surface area contributed by atoms with Crippen LogP contribution in [0, 0.1) is 12.8 Å². The fourth-order valence-corrected chi connectivity index (χ4v) is 2.64. The zero-order valence-electron chi connectivity index (χ0n) is 13.2. The van der Waals surface area contributed by atoms with Crippen LogP contribution in [0.5, 0.6) is 0 Å². The van der Waals surface area contributed by atoms with Gasteiger partial charge in [0.2, 0.25) is 11.8 Å². The second-order valence-electron chi connectivity index (χ2n) is 5.78. The van der Waals surface area contributed by atoms with Crippen molar-refractivity contribution in [1.29, 1.82) is 0 Å². The molecule has 2 amide bonds. The van der Waals surface area contributed by atoms with E-state index in [9.17, 15) is 9.59 Å². The molecule has 0 unspecified atom stereocenters. The average Bonchev–Trinajstić information content (AvgIpc) is 2.42. The third kappa shape index (κ3) is 5.00. The molecule has 22 heavy (non-hydrogen) atoms. The lowest BCUT2D eigenvalue weighted by Gasteiger charge is -2.27. The predicted molar refractivity (Wildman–Crippen MR) is 91.5 cm³/mol. The summed E-state index contributed by atoms with van der Waals surface area (Å²) in [4.78, 5) is 23.5. The maximum Gasteiger partial charge on any atom is 0.227 e. The molecule has 0 bridgehead atoms. The lowest BCUT2D eigenvalue weighted by molar-refractivity contribution is -0.121. The molecule has 1 heterocycles. The first kappa shape index (κ1) is 18.5. The van der Waals surface area contributed by atoms with Crippen LogP contribution in [0.2, 0.25) is 0 Å². The number of carbonyl (C=O) groups excluding carboxylic acids is 2. The molecular formula is C16H24ClN3O2. The van der Waals surface area contributed by atoms with Crippen LogP contribution in [0.15, 0.2) is 18.2 Å². The molecule has 2 atom stereocenters. The minimum Gasteiger partial charge on any atom is -0.326 e. The van der Waals surface area contributed by atoms with Gasteiger partial charge in [-0.05, 0) is 50.9 Å². The van der Waals surface area contributed by atoms with Crippen molar-refractivity contribution in [2.24, 2.45) is 5.92 Å². The molecule has 1 saturated heterocycles. The predicted octanol–water partition coefficient (Wildman–Crippen LogP) is 2.70. The van der Waals surface area contributed by atoms with Crippen LogP contribution in [-0.2, 0) is 9.59 Å². The number of piperidine rings is 1. The number of halogens is 1. The van der Waals surface area contributed by atoms with Crippen molar-refractivity contribution in [1.82, 2.24) is 5.32 Å². The van der Waals surface area contributed by atoms with Gasteiger partial charge in [-0.1, -0.05) is 6.07 Å². The summed E-state index contributed by atoms with van der Waals surface area (Å²) >= 11 is 0. The quantitative estimate of drug-likeness (QED) is 0.800. The Morgan fingerprint density at radius 3 is 2.64 bits per heavy atom. The van der Waals surface area contributed by atoms with Gasteiger partial charge in [-0.15, -0.1) is 12.4 Å². The van der Waals surface area contributed by atoms with E-state index in [0.29, 0.717) is 11.7 Å². The number of hydrogen-bond donors (Lipinski definition) is 3. The van der Waals surface area contributed by atoms with Gasteiger partial charge in [0, 0.05) is 30.3 Å². The lowest BCUT2D eigenvalue weighted by Crippen LogP contribution is -2.40. The average molecular weight is 326 g/mol. The van der Waals surface area contributed by atoms with Gasteiger partial charge in [0.15, 0.2) is 0 Å². The molecule has 1 aliphatic heterocycles. The molecule has 6 heteroatoms. The van der Waals surface area contributed by atoms with Gasteiger partial charge in [-0.25, -0.2) is 0 Å². The molecule has 1 aliphatic rings. The third-order valence-electron chi connectivity index (χ3n) is 3.81. The SMILES string of the molecule is CC(=O)Nc1ccc(C)c(NC(=O)[C@H]2CCN[C@@H](C)C2)c1.Cl. The first-order valence-electron chi connectivity index (χ1n) is 7.38. The number of nitrogens with one attached hydrogen (secondary N) is 3. The van der Waals surface area contributed by atoms with Crippen molar-refractivity contribution in [3.05, 3.63) is 23.8 Å². The molecule has 3 N–H and O–H groups in total. The fourth-order valence-electron chi connectivity index (χ4n) is 2.64. The molecule has 122 valence electrons. The highest BCUT2D eigenvalue weighted by molar-refractivity contribution is 5.95. The van der Waals surface area contributed by atoms with E-state index in [1.807, 2.05) is 19.1 Å². The van der Waals surface area contributed by atoms with Gasteiger partial charge in [-0.2, -0.15) is 0 Å². The van der Waals surface area contributed by atoms with Gasteiger partial charge in [0.05, 0.1) is 0 Å². The Labute approximate surface area is 137 Å². The van der Waals surface area contributed by atoms with Crippen LogP contribution in [-0.4, -0.2) is 24.4 Å². The van der Waals surface area contributed by atoms with Crippen LogP contribution in [0.4, 0.5) is 11.4 Å². The Balaban J connectivity index is 0.00000242. The first-order chi connectivity index (χ1) is 9.95. The number of anilines is 2. The van der Waals surface area contributed by atoms with Crippen LogP contribution in [0.1, 0.15) is 32.3 Å². The maximum atomic E-state index is 12.4. The van der Waals surface area contributed by atoms with Crippen molar-refractivity contribution in [2.45, 2.75) is 39.7 Å². The largest absolute Gasteiger partial charge is 0.326 e. The van der Waals surface area contributed by atoms with E-state index in [4.69, 9.17) is 0 Å². The molecular weight excluding hydrogens is 302 g/mol. The summed E-state index contributed by atoms with van der Waals surface area (Å²) in [7, 11) is 0. The van der Waals surface area contributed by atoms with Gasteiger partial charge >= 0.3 is 0 Å². The normalized spacial score (nSPS) is 20.7. The lowest BCUT2D eigenvalue weighted by atomic mass is 9.92. The number of hydrogen-bond acceptors (Lipinski definition) is 3. The van der Waals surface area contributed by atoms with Crippen molar-refractivity contribution >= 4 is 35.6 Å². The monoisotopic (exact) mass is 325 g/mol.